The van der Waals surface area contributed by atoms with Gasteiger partial charge in [-0.3, -0.25) is 4.79 Å². The van der Waals surface area contributed by atoms with Gasteiger partial charge in [-0.15, -0.1) is 0 Å². The molecule has 0 radical (unpaired) electrons. The van der Waals surface area contributed by atoms with Crippen molar-refractivity contribution in [2.75, 3.05) is 26.2 Å². The summed E-state index contributed by atoms with van der Waals surface area (Å²) in [6, 6.07) is 19.5. The molecule has 1 fully saturated rings. The summed E-state index contributed by atoms with van der Waals surface area (Å²) >= 11 is 0. The highest BCUT2D eigenvalue weighted by Gasteiger charge is 2.27. The van der Waals surface area contributed by atoms with Crippen molar-refractivity contribution in [1.82, 2.24) is 10.2 Å². The van der Waals surface area contributed by atoms with E-state index in [1.807, 2.05) is 60.4 Å². The fourth-order valence-corrected chi connectivity index (χ4v) is 3.64. The summed E-state index contributed by atoms with van der Waals surface area (Å²) in [7, 11) is 0. The number of piperidine rings is 1. The average molecular weight is 395 g/mol. The normalized spacial score (nSPS) is 15.7. The average Bonchev–Trinajstić information content (AvgIpc) is 2.79. The topological polar surface area (TPSA) is 58.6 Å². The van der Waals surface area contributed by atoms with Crippen LogP contribution >= 0.6 is 0 Å². The minimum atomic E-state index is -0.0493. The van der Waals surface area contributed by atoms with Gasteiger partial charge in [0, 0.05) is 37.7 Å². The molecule has 1 atom stereocenters. The molecule has 2 amide bonds. The van der Waals surface area contributed by atoms with E-state index in [2.05, 4.69) is 17.4 Å². The van der Waals surface area contributed by atoms with Gasteiger partial charge in [-0.05, 0) is 31.7 Å². The van der Waals surface area contributed by atoms with E-state index in [-0.39, 0.29) is 23.8 Å². The van der Waals surface area contributed by atoms with Gasteiger partial charge in [-0.1, -0.05) is 60.7 Å². The van der Waals surface area contributed by atoms with Crippen molar-refractivity contribution in [2.45, 2.75) is 32.3 Å². The second kappa shape index (κ2) is 10.8. The minimum absolute atomic E-state index is 0.00863. The van der Waals surface area contributed by atoms with Gasteiger partial charge in [0.15, 0.2) is 5.78 Å². The lowest BCUT2D eigenvalue weighted by molar-refractivity contribution is 0.0640. The molecule has 1 aliphatic rings. The second-order valence-corrected chi connectivity index (χ2v) is 7.50. The number of urea groups is 1. The van der Waals surface area contributed by atoms with Crippen LogP contribution in [-0.2, 0) is 4.74 Å². The highest BCUT2D eigenvalue weighted by Crippen LogP contribution is 2.22. The molecule has 0 saturated carbocycles. The van der Waals surface area contributed by atoms with Crippen LogP contribution in [0.1, 0.15) is 48.2 Å². The van der Waals surface area contributed by atoms with E-state index in [0.717, 1.165) is 30.4 Å². The first-order valence-electron chi connectivity index (χ1n) is 10.4. The van der Waals surface area contributed by atoms with Gasteiger partial charge in [0.25, 0.3) is 0 Å². The molecule has 2 aromatic rings. The first-order chi connectivity index (χ1) is 14.1. The number of hydrogen-bond acceptors (Lipinski definition) is 3. The zero-order valence-electron chi connectivity index (χ0n) is 17.0. The lowest BCUT2D eigenvalue weighted by atomic mass is 9.89. The number of amides is 2. The molecule has 5 heteroatoms. The number of rotatable bonds is 8. The highest BCUT2D eigenvalue weighted by atomic mass is 16.5. The van der Waals surface area contributed by atoms with Crippen LogP contribution in [0.4, 0.5) is 4.79 Å². The predicted molar refractivity (Wildman–Crippen MR) is 114 cm³/mol. The monoisotopic (exact) mass is 394 g/mol. The van der Waals surface area contributed by atoms with Crippen LogP contribution in [0, 0.1) is 5.92 Å². The number of hydrogen-bond donors (Lipinski definition) is 1. The van der Waals surface area contributed by atoms with E-state index in [4.69, 9.17) is 4.74 Å². The number of nitrogens with one attached hydrogen (secondary N) is 1. The van der Waals surface area contributed by atoms with Gasteiger partial charge in [0.1, 0.15) is 0 Å². The first-order valence-corrected chi connectivity index (χ1v) is 10.4. The van der Waals surface area contributed by atoms with E-state index < -0.39 is 0 Å². The Labute approximate surface area is 173 Å². The van der Waals surface area contributed by atoms with Crippen LogP contribution in [0.3, 0.4) is 0 Å². The lowest BCUT2D eigenvalue weighted by Crippen LogP contribution is -2.45. The Hall–Kier alpha value is -2.66. The van der Waals surface area contributed by atoms with E-state index in [1.165, 1.54) is 0 Å². The molecule has 0 aromatic heterocycles. The second-order valence-electron chi connectivity index (χ2n) is 7.50. The number of carbonyl (C=O) groups is 2. The fraction of sp³-hybridized carbons (Fsp3) is 0.417. The molecule has 1 aliphatic heterocycles. The summed E-state index contributed by atoms with van der Waals surface area (Å²) in [5.74, 6) is 0.199. The minimum Gasteiger partial charge on any atom is -0.374 e. The number of benzene rings is 2. The summed E-state index contributed by atoms with van der Waals surface area (Å²) in [5, 5.41) is 2.96. The van der Waals surface area contributed by atoms with Crippen molar-refractivity contribution in [3.05, 3.63) is 71.8 Å². The van der Waals surface area contributed by atoms with Crippen LogP contribution in [0.25, 0.3) is 0 Å². The smallest absolute Gasteiger partial charge is 0.317 e. The number of ether oxygens (including phenoxy) is 1. The van der Waals surface area contributed by atoms with E-state index >= 15 is 0 Å². The molecule has 1 N–H and O–H groups in total. The molecule has 0 unspecified atom stereocenters. The van der Waals surface area contributed by atoms with Crippen LogP contribution in [0.2, 0.25) is 0 Å². The van der Waals surface area contributed by atoms with E-state index in [9.17, 15) is 9.59 Å². The molecule has 0 aliphatic carbocycles. The quantitative estimate of drug-likeness (QED) is 0.531. The third-order valence-electron chi connectivity index (χ3n) is 5.45. The van der Waals surface area contributed by atoms with Crippen LogP contribution in [0.5, 0.6) is 0 Å². The van der Waals surface area contributed by atoms with Gasteiger partial charge in [-0.25, -0.2) is 4.79 Å². The maximum atomic E-state index is 12.5. The predicted octanol–water partition coefficient (Wildman–Crippen LogP) is 4.46. The number of carbonyl (C=O) groups excluding carboxylic acids is 2. The molecule has 0 spiro atoms. The molecule has 1 saturated heterocycles. The lowest BCUT2D eigenvalue weighted by Gasteiger charge is -2.31. The van der Waals surface area contributed by atoms with Gasteiger partial charge >= 0.3 is 6.03 Å². The molecule has 3 rings (SSSR count). The third-order valence-corrected chi connectivity index (χ3v) is 5.45. The molecular formula is C24H30N2O3. The van der Waals surface area contributed by atoms with Gasteiger partial charge in [0.05, 0.1) is 6.10 Å². The Morgan fingerprint density at radius 1 is 1.03 bits per heavy atom. The zero-order chi connectivity index (χ0) is 20.5. The molecule has 0 bridgehead atoms. The molecule has 1 heterocycles. The number of nitrogens with zero attached hydrogens (tertiary/aromatic N) is 1. The van der Waals surface area contributed by atoms with Crippen molar-refractivity contribution in [1.29, 1.82) is 0 Å². The largest absolute Gasteiger partial charge is 0.374 e. The van der Waals surface area contributed by atoms with Crippen LogP contribution in [-0.4, -0.2) is 43.0 Å². The summed E-state index contributed by atoms with van der Waals surface area (Å²) < 4.78 is 5.84. The maximum absolute atomic E-state index is 12.5. The summed E-state index contributed by atoms with van der Waals surface area (Å²) in [6.45, 7) is 4.47. The number of Topliss-reactive ketones (excluding diaryl/α,β-unsaturated/α-hetero) is 1. The molecule has 2 aromatic carbocycles. The Bertz CT molecular complexity index is 771. The molecular weight excluding hydrogens is 364 g/mol. The van der Waals surface area contributed by atoms with Crippen LogP contribution in [0.15, 0.2) is 60.7 Å². The maximum Gasteiger partial charge on any atom is 0.317 e. The third kappa shape index (κ3) is 6.16. The van der Waals surface area contributed by atoms with Gasteiger partial charge in [-0.2, -0.15) is 0 Å². The zero-order valence-corrected chi connectivity index (χ0v) is 17.0. The van der Waals surface area contributed by atoms with Crippen molar-refractivity contribution >= 4 is 11.8 Å². The Morgan fingerprint density at radius 2 is 1.66 bits per heavy atom. The number of likely N-dealkylation sites (tertiary alicyclic amines) is 1. The SMILES string of the molecule is C[C@H](OCCCNC(=O)N1CCC(C(=O)c2ccccc2)CC1)c1ccccc1. The van der Waals surface area contributed by atoms with Gasteiger partial charge in [0.2, 0.25) is 0 Å². The number of ketones is 1. The summed E-state index contributed by atoms with van der Waals surface area (Å²) in [5.41, 5.74) is 1.92. The summed E-state index contributed by atoms with van der Waals surface area (Å²) in [6.07, 6.45) is 2.26. The van der Waals surface area contributed by atoms with Crippen molar-refractivity contribution in [3.63, 3.8) is 0 Å². The van der Waals surface area contributed by atoms with Gasteiger partial charge < -0.3 is 15.0 Å². The molecule has 29 heavy (non-hydrogen) atoms. The highest BCUT2D eigenvalue weighted by molar-refractivity contribution is 5.97. The molecule has 5 nitrogen and oxygen atoms in total. The molecule has 154 valence electrons. The van der Waals surface area contributed by atoms with Crippen LogP contribution < -0.4 is 5.32 Å². The summed E-state index contributed by atoms with van der Waals surface area (Å²) in [4.78, 5) is 26.7. The Morgan fingerprint density at radius 3 is 2.31 bits per heavy atom. The van der Waals surface area contributed by atoms with E-state index in [0.29, 0.717) is 26.2 Å². The first kappa shape index (κ1) is 21.1. The van der Waals surface area contributed by atoms with Crippen molar-refractivity contribution < 1.29 is 14.3 Å². The standard InChI is InChI=1S/C24H30N2O3/c1-19(20-9-4-2-5-10-20)29-18-8-15-25-24(28)26-16-13-22(14-17-26)23(27)21-11-6-3-7-12-21/h2-7,9-12,19,22H,8,13-18H2,1H3,(H,25,28)/t19-/m0/s1. The Kier molecular flexibility index (Phi) is 7.82. The Balaban J connectivity index is 1.31. The van der Waals surface area contributed by atoms with Crippen molar-refractivity contribution in [2.24, 2.45) is 5.92 Å². The fourth-order valence-electron chi connectivity index (χ4n) is 3.64. The van der Waals surface area contributed by atoms with Crippen molar-refractivity contribution in [3.8, 4) is 0 Å². The van der Waals surface area contributed by atoms with E-state index in [1.54, 1.807) is 0 Å².